The van der Waals surface area contributed by atoms with Crippen LogP contribution in [0.3, 0.4) is 0 Å². The smallest absolute Gasteiger partial charge is 0.0406 e. The Labute approximate surface area is 125 Å². The molecule has 1 aliphatic heterocycles. The summed E-state index contributed by atoms with van der Waals surface area (Å²) in [4.78, 5) is 2.42. The van der Waals surface area contributed by atoms with Crippen molar-refractivity contribution in [1.29, 1.82) is 0 Å². The predicted octanol–water partition coefficient (Wildman–Crippen LogP) is 3.43. The van der Waals surface area contributed by atoms with Crippen molar-refractivity contribution >= 4 is 23.4 Å². The second-order valence-corrected chi connectivity index (χ2v) is 6.81. The molecule has 19 heavy (non-hydrogen) atoms. The van der Waals surface area contributed by atoms with Crippen molar-refractivity contribution in [3.63, 3.8) is 0 Å². The average Bonchev–Trinajstić information content (AvgIpc) is 2.46. The Bertz CT molecular complexity index is 376. The van der Waals surface area contributed by atoms with E-state index in [1.165, 1.54) is 23.5 Å². The lowest BCUT2D eigenvalue weighted by molar-refractivity contribution is 0.248. The maximum Gasteiger partial charge on any atom is 0.0406 e. The van der Waals surface area contributed by atoms with Crippen LogP contribution in [0.5, 0.6) is 0 Å². The molecule has 1 N–H and O–H groups in total. The molecule has 1 fully saturated rings. The fourth-order valence-corrected chi connectivity index (χ4v) is 3.48. The lowest BCUT2D eigenvalue weighted by Crippen LogP contribution is -2.39. The zero-order valence-electron chi connectivity index (χ0n) is 11.7. The normalized spacial score (nSPS) is 21.6. The van der Waals surface area contributed by atoms with Crippen molar-refractivity contribution in [2.24, 2.45) is 0 Å². The molecule has 2 nitrogen and oxygen atoms in total. The predicted molar refractivity (Wildman–Crippen MR) is 86.2 cm³/mol. The Morgan fingerprint density at radius 1 is 1.42 bits per heavy atom. The number of benzene rings is 1. The highest BCUT2D eigenvalue weighted by atomic mass is 35.5. The minimum absolute atomic E-state index is 0.438. The van der Waals surface area contributed by atoms with Crippen LogP contribution in [-0.2, 0) is 0 Å². The minimum atomic E-state index is 0.438. The number of nitrogens with zero attached hydrogens (tertiary/aromatic N) is 1. The van der Waals surface area contributed by atoms with Crippen LogP contribution in [0.1, 0.15) is 24.9 Å². The van der Waals surface area contributed by atoms with E-state index in [2.05, 4.69) is 48.1 Å². The maximum atomic E-state index is 5.93. The van der Waals surface area contributed by atoms with Gasteiger partial charge in [0.25, 0.3) is 0 Å². The Balaban J connectivity index is 1.81. The summed E-state index contributed by atoms with van der Waals surface area (Å²) in [6.45, 7) is 4.54. The summed E-state index contributed by atoms with van der Waals surface area (Å²) in [5.41, 5.74) is 1.33. The van der Waals surface area contributed by atoms with Crippen LogP contribution in [0, 0.1) is 0 Å². The van der Waals surface area contributed by atoms with Gasteiger partial charge in [0.1, 0.15) is 0 Å². The summed E-state index contributed by atoms with van der Waals surface area (Å²) in [6.07, 6.45) is 1.22. The summed E-state index contributed by atoms with van der Waals surface area (Å²) in [7, 11) is 2.20. The molecule has 1 aromatic rings. The van der Waals surface area contributed by atoms with Crippen molar-refractivity contribution in [2.75, 3.05) is 31.6 Å². The Kier molecular flexibility index (Phi) is 6.02. The molecule has 0 radical (unpaired) electrons. The van der Waals surface area contributed by atoms with Crippen molar-refractivity contribution < 1.29 is 0 Å². The number of hydrogen-bond acceptors (Lipinski definition) is 3. The monoisotopic (exact) mass is 298 g/mol. The summed E-state index contributed by atoms with van der Waals surface area (Å²) in [5, 5.41) is 4.40. The fraction of sp³-hybridized carbons (Fsp3) is 0.600. The molecule has 0 aromatic heterocycles. The highest BCUT2D eigenvalue weighted by Gasteiger charge is 2.16. The van der Waals surface area contributed by atoms with Crippen LogP contribution < -0.4 is 5.32 Å². The van der Waals surface area contributed by atoms with Gasteiger partial charge >= 0.3 is 0 Å². The highest BCUT2D eigenvalue weighted by Crippen LogP contribution is 2.21. The molecule has 1 heterocycles. The quantitative estimate of drug-likeness (QED) is 0.896. The van der Waals surface area contributed by atoms with Gasteiger partial charge in [-0.2, -0.15) is 11.8 Å². The summed E-state index contributed by atoms with van der Waals surface area (Å²) >= 11 is 8.00. The van der Waals surface area contributed by atoms with E-state index in [1.54, 1.807) is 0 Å². The van der Waals surface area contributed by atoms with E-state index in [-0.39, 0.29) is 0 Å². The van der Waals surface area contributed by atoms with Crippen molar-refractivity contribution in [2.45, 2.75) is 25.4 Å². The van der Waals surface area contributed by atoms with Gasteiger partial charge in [0.05, 0.1) is 0 Å². The standard InChI is InChI=1S/C15H23ClN2S/c1-12(13-3-5-14(16)6-4-13)18(2)9-7-15-11-19-10-8-17-15/h3-6,12,15,17H,7-11H2,1-2H3. The first-order valence-corrected chi connectivity index (χ1v) is 8.47. The van der Waals surface area contributed by atoms with E-state index < -0.39 is 0 Å². The lowest BCUT2D eigenvalue weighted by atomic mass is 10.1. The fourth-order valence-electron chi connectivity index (χ4n) is 2.35. The van der Waals surface area contributed by atoms with E-state index in [0.29, 0.717) is 12.1 Å². The molecule has 2 rings (SSSR count). The number of halogens is 1. The van der Waals surface area contributed by atoms with Crippen molar-refractivity contribution in [3.05, 3.63) is 34.9 Å². The zero-order chi connectivity index (χ0) is 13.7. The first kappa shape index (κ1) is 15.2. The Morgan fingerprint density at radius 2 is 2.16 bits per heavy atom. The molecule has 0 saturated carbocycles. The summed E-state index contributed by atoms with van der Waals surface area (Å²) in [5.74, 6) is 2.51. The van der Waals surface area contributed by atoms with E-state index in [0.717, 1.165) is 18.1 Å². The SMILES string of the molecule is CC(c1ccc(Cl)cc1)N(C)CCC1CSCCN1. The van der Waals surface area contributed by atoms with Crippen LogP contribution >= 0.6 is 23.4 Å². The van der Waals surface area contributed by atoms with Gasteiger partial charge in [-0.05, 0) is 44.6 Å². The summed E-state index contributed by atoms with van der Waals surface area (Å²) in [6, 6.07) is 9.31. The molecule has 0 aliphatic carbocycles. The molecule has 1 saturated heterocycles. The molecule has 1 aliphatic rings. The van der Waals surface area contributed by atoms with Crippen LogP contribution in [0.4, 0.5) is 0 Å². The first-order valence-electron chi connectivity index (χ1n) is 6.93. The van der Waals surface area contributed by atoms with Crippen LogP contribution in [0.15, 0.2) is 24.3 Å². The molecule has 106 valence electrons. The van der Waals surface area contributed by atoms with Gasteiger partial charge < -0.3 is 5.32 Å². The van der Waals surface area contributed by atoms with Crippen LogP contribution in [0.2, 0.25) is 5.02 Å². The Hall–Kier alpha value is -0.220. The maximum absolute atomic E-state index is 5.93. The third-order valence-electron chi connectivity index (χ3n) is 3.84. The number of hydrogen-bond donors (Lipinski definition) is 1. The van der Waals surface area contributed by atoms with E-state index >= 15 is 0 Å². The van der Waals surface area contributed by atoms with Crippen LogP contribution in [-0.4, -0.2) is 42.6 Å². The molecule has 0 amide bonds. The van der Waals surface area contributed by atoms with Gasteiger partial charge in [-0.3, -0.25) is 4.90 Å². The number of rotatable bonds is 5. The molecule has 1 aromatic carbocycles. The van der Waals surface area contributed by atoms with E-state index in [4.69, 9.17) is 11.6 Å². The second-order valence-electron chi connectivity index (χ2n) is 5.22. The Morgan fingerprint density at radius 3 is 2.79 bits per heavy atom. The second kappa shape index (κ2) is 7.53. The van der Waals surface area contributed by atoms with Gasteiger partial charge in [0.15, 0.2) is 0 Å². The van der Waals surface area contributed by atoms with Gasteiger partial charge in [-0.25, -0.2) is 0 Å². The summed E-state index contributed by atoms with van der Waals surface area (Å²) < 4.78 is 0. The lowest BCUT2D eigenvalue weighted by Gasteiger charge is -2.29. The van der Waals surface area contributed by atoms with E-state index in [1.807, 2.05) is 12.1 Å². The molecular formula is C15H23ClN2S. The van der Waals surface area contributed by atoms with Crippen molar-refractivity contribution in [1.82, 2.24) is 10.2 Å². The van der Waals surface area contributed by atoms with Gasteiger partial charge in [0.2, 0.25) is 0 Å². The van der Waals surface area contributed by atoms with E-state index in [9.17, 15) is 0 Å². The highest BCUT2D eigenvalue weighted by molar-refractivity contribution is 7.99. The van der Waals surface area contributed by atoms with Gasteiger partial charge in [-0.15, -0.1) is 0 Å². The first-order chi connectivity index (χ1) is 9.16. The molecule has 2 unspecified atom stereocenters. The van der Waals surface area contributed by atoms with Crippen LogP contribution in [0.25, 0.3) is 0 Å². The molecular weight excluding hydrogens is 276 g/mol. The number of thioether (sulfide) groups is 1. The molecule has 0 spiro atoms. The largest absolute Gasteiger partial charge is 0.312 e. The third kappa shape index (κ3) is 4.67. The van der Waals surface area contributed by atoms with Gasteiger partial charge in [-0.1, -0.05) is 23.7 Å². The minimum Gasteiger partial charge on any atom is -0.312 e. The third-order valence-corrected chi connectivity index (χ3v) is 5.23. The number of nitrogens with one attached hydrogen (secondary N) is 1. The van der Waals surface area contributed by atoms with Crippen molar-refractivity contribution in [3.8, 4) is 0 Å². The zero-order valence-corrected chi connectivity index (χ0v) is 13.3. The average molecular weight is 299 g/mol. The molecule has 4 heteroatoms. The van der Waals surface area contributed by atoms with Gasteiger partial charge in [0, 0.05) is 35.2 Å². The molecule has 2 atom stereocenters. The topological polar surface area (TPSA) is 15.3 Å². The molecule has 0 bridgehead atoms.